The zero-order chi connectivity index (χ0) is 12.4. The van der Waals surface area contributed by atoms with Gasteiger partial charge in [0.2, 0.25) is 0 Å². The van der Waals surface area contributed by atoms with Gasteiger partial charge in [0.25, 0.3) is 0 Å². The molecule has 3 nitrogen and oxygen atoms in total. The molecule has 0 aromatic rings. The first-order valence-electron chi connectivity index (χ1n) is 6.86. The van der Waals surface area contributed by atoms with E-state index >= 15 is 0 Å². The van der Waals surface area contributed by atoms with Crippen LogP contribution in [-0.2, 0) is 4.79 Å². The number of carboxylic acid groups (broad SMARTS) is 1. The average Bonchev–Trinajstić information content (AvgIpc) is 2.43. The van der Waals surface area contributed by atoms with Crippen LogP contribution in [0.3, 0.4) is 0 Å². The lowest BCUT2D eigenvalue weighted by Gasteiger charge is -2.61. The second-order valence-corrected chi connectivity index (χ2v) is 6.98. The number of nitrogens with two attached hydrogens (primary N) is 1. The maximum atomic E-state index is 11.1. The monoisotopic (exact) mass is 237 g/mol. The number of hydrogen-bond donors (Lipinski definition) is 2. The molecule has 3 aliphatic rings. The van der Waals surface area contributed by atoms with E-state index in [0.717, 1.165) is 11.8 Å². The number of fused-ring (bicyclic) bond motifs is 1. The minimum absolute atomic E-state index is 0.0704. The summed E-state index contributed by atoms with van der Waals surface area (Å²) in [4.78, 5) is 11.1. The van der Waals surface area contributed by atoms with E-state index in [1.807, 2.05) is 0 Å². The Morgan fingerprint density at radius 3 is 2.76 bits per heavy atom. The molecule has 17 heavy (non-hydrogen) atoms. The van der Waals surface area contributed by atoms with Crippen molar-refractivity contribution in [1.29, 1.82) is 0 Å². The molecule has 3 N–H and O–H groups in total. The van der Waals surface area contributed by atoms with Gasteiger partial charge in [-0.1, -0.05) is 13.8 Å². The molecule has 3 fully saturated rings. The van der Waals surface area contributed by atoms with Gasteiger partial charge in [-0.25, -0.2) is 0 Å². The number of carboxylic acids is 1. The van der Waals surface area contributed by atoms with E-state index in [4.69, 9.17) is 10.8 Å². The summed E-state index contributed by atoms with van der Waals surface area (Å²) in [6.07, 6.45) is 3.97. The summed E-state index contributed by atoms with van der Waals surface area (Å²) in [6, 6.07) is 0. The molecule has 3 saturated carbocycles. The highest BCUT2D eigenvalue weighted by Gasteiger charge is 2.71. The molecule has 3 rings (SSSR count). The molecule has 0 aromatic heterocycles. The lowest BCUT2D eigenvalue weighted by molar-refractivity contribution is -0.162. The number of aliphatic carboxylic acids is 1. The Kier molecular flexibility index (Phi) is 2.20. The summed E-state index contributed by atoms with van der Waals surface area (Å²) >= 11 is 0. The molecule has 0 aromatic carbocycles. The molecule has 96 valence electrons. The number of hydrogen-bond acceptors (Lipinski definition) is 2. The van der Waals surface area contributed by atoms with Crippen molar-refractivity contribution < 1.29 is 9.90 Å². The van der Waals surface area contributed by atoms with E-state index in [1.54, 1.807) is 0 Å². The third-order valence-corrected chi connectivity index (χ3v) is 6.66. The van der Waals surface area contributed by atoms with E-state index in [9.17, 15) is 4.79 Å². The van der Waals surface area contributed by atoms with E-state index < -0.39 is 5.97 Å². The second kappa shape index (κ2) is 3.25. The first-order valence-corrected chi connectivity index (χ1v) is 6.86. The van der Waals surface area contributed by atoms with Crippen LogP contribution in [0.25, 0.3) is 0 Å². The topological polar surface area (TPSA) is 63.3 Å². The number of carbonyl (C=O) groups is 1. The van der Waals surface area contributed by atoms with Gasteiger partial charge < -0.3 is 10.8 Å². The fourth-order valence-electron chi connectivity index (χ4n) is 5.61. The normalized spacial score (nSPS) is 55.5. The molecule has 2 bridgehead atoms. The molecule has 0 amide bonds. The highest BCUT2D eigenvalue weighted by Crippen LogP contribution is 2.75. The third kappa shape index (κ3) is 1.19. The van der Waals surface area contributed by atoms with Gasteiger partial charge in [-0.05, 0) is 60.3 Å². The quantitative estimate of drug-likeness (QED) is 0.790. The van der Waals surface area contributed by atoms with Crippen LogP contribution >= 0.6 is 0 Å². The van der Waals surface area contributed by atoms with Crippen LogP contribution in [0, 0.1) is 34.5 Å². The van der Waals surface area contributed by atoms with Gasteiger partial charge in [-0.2, -0.15) is 0 Å². The largest absolute Gasteiger partial charge is 0.481 e. The molecule has 3 heteroatoms. The maximum absolute atomic E-state index is 11.1. The van der Waals surface area contributed by atoms with Crippen molar-refractivity contribution >= 4 is 5.97 Å². The lowest BCUT2D eigenvalue weighted by atomic mass is 9.43. The van der Waals surface area contributed by atoms with Gasteiger partial charge in [0.15, 0.2) is 0 Å². The molecule has 0 radical (unpaired) electrons. The molecular formula is C14H23NO2. The van der Waals surface area contributed by atoms with Crippen molar-refractivity contribution in [3.8, 4) is 0 Å². The Morgan fingerprint density at radius 1 is 1.47 bits per heavy atom. The fraction of sp³-hybridized carbons (Fsp3) is 0.929. The first kappa shape index (κ1) is 11.5. The molecule has 0 heterocycles. The van der Waals surface area contributed by atoms with E-state index in [-0.39, 0.29) is 11.8 Å². The molecule has 5 unspecified atom stereocenters. The summed E-state index contributed by atoms with van der Waals surface area (Å²) in [5.41, 5.74) is 6.37. The fourth-order valence-corrected chi connectivity index (χ4v) is 5.61. The minimum atomic E-state index is -0.665. The van der Waals surface area contributed by atoms with E-state index in [0.29, 0.717) is 23.8 Å². The molecule has 0 aliphatic heterocycles. The summed E-state index contributed by atoms with van der Waals surface area (Å²) < 4.78 is 0. The van der Waals surface area contributed by atoms with Crippen molar-refractivity contribution in [2.75, 3.05) is 6.54 Å². The molecule has 0 saturated heterocycles. The SMILES string of the molecule is CC1C2C3CC[C@]1(C)CC2C3(CN)CC(=O)O. The molecule has 3 aliphatic carbocycles. The van der Waals surface area contributed by atoms with Crippen LogP contribution in [0.1, 0.15) is 39.5 Å². The first-order chi connectivity index (χ1) is 7.94. The van der Waals surface area contributed by atoms with Crippen molar-refractivity contribution in [2.24, 2.45) is 40.2 Å². The van der Waals surface area contributed by atoms with Gasteiger partial charge in [-0.3, -0.25) is 4.79 Å². The van der Waals surface area contributed by atoms with Crippen LogP contribution in [0.5, 0.6) is 0 Å². The molecule has 0 spiro atoms. The van der Waals surface area contributed by atoms with Crippen molar-refractivity contribution in [1.82, 2.24) is 0 Å². The standard InChI is InChI=1S/C14H23NO2/c1-8-12-9-3-4-13(8,2)5-10(12)14(9,7-15)6-11(16)17/h8-10,12H,3-7,15H2,1-2H3,(H,16,17)/t8?,9?,10?,12?,13-,14?/m1/s1. The summed E-state index contributed by atoms with van der Waals surface area (Å²) in [7, 11) is 0. The second-order valence-electron chi connectivity index (χ2n) is 6.98. The Bertz CT molecular complexity index is 369. The van der Waals surface area contributed by atoms with Gasteiger partial charge in [0.05, 0.1) is 6.42 Å². The van der Waals surface area contributed by atoms with Crippen molar-refractivity contribution in [2.45, 2.75) is 39.5 Å². The Labute approximate surface area is 103 Å². The zero-order valence-corrected chi connectivity index (χ0v) is 10.8. The van der Waals surface area contributed by atoms with E-state index in [1.165, 1.54) is 19.3 Å². The smallest absolute Gasteiger partial charge is 0.303 e. The predicted octanol–water partition coefficient (Wildman–Crippen LogP) is 2.11. The van der Waals surface area contributed by atoms with Gasteiger partial charge in [-0.15, -0.1) is 0 Å². The van der Waals surface area contributed by atoms with E-state index in [2.05, 4.69) is 13.8 Å². The van der Waals surface area contributed by atoms with Crippen LogP contribution < -0.4 is 5.73 Å². The van der Waals surface area contributed by atoms with Crippen LogP contribution in [0.15, 0.2) is 0 Å². The number of rotatable bonds is 3. The van der Waals surface area contributed by atoms with Crippen LogP contribution in [0.2, 0.25) is 0 Å². The highest BCUT2D eigenvalue weighted by molar-refractivity contribution is 5.68. The zero-order valence-electron chi connectivity index (χ0n) is 10.8. The van der Waals surface area contributed by atoms with Crippen molar-refractivity contribution in [3.63, 3.8) is 0 Å². The summed E-state index contributed by atoms with van der Waals surface area (Å²) in [6.45, 7) is 5.33. The van der Waals surface area contributed by atoms with Crippen molar-refractivity contribution in [3.05, 3.63) is 0 Å². The van der Waals surface area contributed by atoms with Gasteiger partial charge >= 0.3 is 5.97 Å². The predicted molar refractivity (Wildman–Crippen MR) is 65.3 cm³/mol. The Morgan fingerprint density at radius 2 is 2.18 bits per heavy atom. The maximum Gasteiger partial charge on any atom is 0.303 e. The lowest BCUT2D eigenvalue weighted by Crippen LogP contribution is -2.61. The van der Waals surface area contributed by atoms with Gasteiger partial charge in [0, 0.05) is 0 Å². The molecular weight excluding hydrogens is 214 g/mol. The van der Waals surface area contributed by atoms with Crippen LogP contribution in [0.4, 0.5) is 0 Å². The highest BCUT2D eigenvalue weighted by atomic mass is 16.4. The average molecular weight is 237 g/mol. The minimum Gasteiger partial charge on any atom is -0.481 e. The molecule has 6 atom stereocenters. The Balaban J connectivity index is 1.94. The Hall–Kier alpha value is -0.570. The van der Waals surface area contributed by atoms with Crippen LogP contribution in [-0.4, -0.2) is 17.6 Å². The summed E-state index contributed by atoms with van der Waals surface area (Å²) in [5.74, 6) is 2.02. The third-order valence-electron chi connectivity index (χ3n) is 6.66. The van der Waals surface area contributed by atoms with Gasteiger partial charge in [0.1, 0.15) is 0 Å². The summed E-state index contributed by atoms with van der Waals surface area (Å²) in [5, 5.41) is 9.17.